The van der Waals surface area contributed by atoms with E-state index in [9.17, 15) is 27.5 Å². The third kappa shape index (κ3) is 8.02. The largest absolute Gasteiger partial charge is 2.00 e. The van der Waals surface area contributed by atoms with Crippen LogP contribution in [0.4, 0.5) is 17.6 Å². The van der Waals surface area contributed by atoms with Gasteiger partial charge in [-0.25, -0.2) is 9.37 Å². The summed E-state index contributed by atoms with van der Waals surface area (Å²) in [5.74, 6) is -1.11. The van der Waals surface area contributed by atoms with Crippen molar-refractivity contribution in [2.75, 3.05) is 13.6 Å². The number of aliphatic hydroxyl groups is 1. The Hall–Kier alpha value is -2.16. The molecular formula is C29H30ClF4N3O3U. The van der Waals surface area contributed by atoms with E-state index in [2.05, 4.69) is 21.7 Å². The third-order valence-corrected chi connectivity index (χ3v) is 6.94. The van der Waals surface area contributed by atoms with Crippen molar-refractivity contribution in [3.63, 3.8) is 0 Å². The van der Waals surface area contributed by atoms with Crippen LogP contribution in [-0.4, -0.2) is 41.9 Å². The van der Waals surface area contributed by atoms with Gasteiger partial charge < -0.3 is 27.9 Å². The molecule has 1 aliphatic rings. The zero-order valence-electron chi connectivity index (χ0n) is 22.9. The molecule has 1 saturated carbocycles. The van der Waals surface area contributed by atoms with E-state index in [0.717, 1.165) is 25.0 Å². The minimum absolute atomic E-state index is 0. The Morgan fingerprint density at radius 3 is 2.39 bits per heavy atom. The molecule has 41 heavy (non-hydrogen) atoms. The molecule has 218 valence electrons. The first-order valence-electron chi connectivity index (χ1n) is 12.2. The predicted octanol–water partition coefficient (Wildman–Crippen LogP) is 5.97. The minimum atomic E-state index is -5.22. The van der Waals surface area contributed by atoms with Crippen molar-refractivity contribution < 1.29 is 63.3 Å². The SMILES string of the molecule is CNC(C)(C)c1cc(-c2ccc(F)c(Cl)c2)nc(C(O)(CNC(=O)c2c[c-]c(OC3CC3)cc2)C(F)(F)F)c1.[CH3-].[U+2]. The maximum Gasteiger partial charge on any atom is 2.00 e. The fraction of sp³-hybridized carbons (Fsp3) is 0.345. The van der Waals surface area contributed by atoms with Crippen LogP contribution in [0.1, 0.15) is 48.3 Å². The number of pyridine rings is 1. The number of rotatable bonds is 9. The van der Waals surface area contributed by atoms with Crippen molar-refractivity contribution in [3.8, 4) is 17.0 Å². The topological polar surface area (TPSA) is 83.5 Å². The molecule has 0 saturated heterocycles. The summed E-state index contributed by atoms with van der Waals surface area (Å²) >= 11 is 5.90. The molecule has 0 aliphatic heterocycles. The van der Waals surface area contributed by atoms with Crippen LogP contribution >= 0.6 is 11.6 Å². The second-order valence-corrected chi connectivity index (χ2v) is 10.3. The summed E-state index contributed by atoms with van der Waals surface area (Å²) in [7, 11) is 1.63. The van der Waals surface area contributed by atoms with Gasteiger partial charge in [0.2, 0.25) is 5.60 Å². The Labute approximate surface area is 265 Å². The first kappa shape index (κ1) is 35.0. The maximum atomic E-state index is 14.4. The van der Waals surface area contributed by atoms with Crippen LogP contribution < -0.4 is 15.4 Å². The number of carbonyl (C=O) groups excluding carboxylic acids is 1. The van der Waals surface area contributed by atoms with Crippen LogP contribution in [-0.2, 0) is 11.1 Å². The van der Waals surface area contributed by atoms with Gasteiger partial charge >= 0.3 is 37.3 Å². The molecule has 4 rings (SSSR count). The number of hydrogen-bond acceptors (Lipinski definition) is 5. The molecule has 3 aromatic rings. The second-order valence-electron chi connectivity index (χ2n) is 9.93. The number of ether oxygens (including phenoxy) is 1. The minimum Gasteiger partial charge on any atom is -0.516 e. The van der Waals surface area contributed by atoms with Crippen LogP contribution in [0.2, 0.25) is 5.02 Å². The van der Waals surface area contributed by atoms with Gasteiger partial charge in [0.05, 0.1) is 29.1 Å². The standard InChI is InChI=1S/C28H27ClF4N3O3.CH3.U/c1-26(2,34-3)18-13-23(17-6-11-22(30)21(29)12-17)36-24(14-18)27(38,28(31,32)33)15-35-25(37)16-4-7-19(8-5-16)39-20-9-10-20;;/h4-7,11-14,20,34,38H,9-10,15H2,1-3H3,(H,35,37);1H3;/q2*-1;+2. The molecule has 0 spiro atoms. The van der Waals surface area contributed by atoms with Crippen LogP contribution in [0.25, 0.3) is 11.3 Å². The summed E-state index contributed by atoms with van der Waals surface area (Å²) < 4.78 is 62.6. The number of nitrogens with zero attached hydrogens (tertiary/aromatic N) is 1. The molecule has 1 atom stereocenters. The number of halogens is 5. The molecule has 1 fully saturated rings. The molecule has 6 nitrogen and oxygen atoms in total. The molecule has 2 aromatic carbocycles. The number of carbonyl (C=O) groups is 1. The molecule has 3 N–H and O–H groups in total. The number of hydrogen-bond donors (Lipinski definition) is 3. The van der Waals surface area contributed by atoms with Crippen molar-refractivity contribution in [1.82, 2.24) is 15.6 Å². The molecular weight excluding hydrogens is 788 g/mol. The number of aromatic nitrogens is 1. The predicted molar refractivity (Wildman–Crippen MR) is 144 cm³/mol. The zero-order chi connectivity index (χ0) is 28.6. The quantitative estimate of drug-likeness (QED) is 0.184. The number of amides is 1. The van der Waals surface area contributed by atoms with Gasteiger partial charge in [-0.15, -0.1) is 12.1 Å². The molecule has 1 aromatic heterocycles. The van der Waals surface area contributed by atoms with Gasteiger partial charge in [-0.2, -0.15) is 25.3 Å². The van der Waals surface area contributed by atoms with Crippen molar-refractivity contribution >= 4 is 17.5 Å². The summed E-state index contributed by atoms with van der Waals surface area (Å²) in [6.45, 7) is 2.25. The average Bonchev–Trinajstić information content (AvgIpc) is 3.72. The first-order chi connectivity index (χ1) is 18.2. The van der Waals surface area contributed by atoms with Crippen molar-refractivity contribution in [3.05, 3.63) is 89.7 Å². The summed E-state index contributed by atoms with van der Waals surface area (Å²) in [5, 5.41) is 16.0. The number of benzene rings is 2. The summed E-state index contributed by atoms with van der Waals surface area (Å²) in [5.41, 5.74) is -4.46. The van der Waals surface area contributed by atoms with E-state index in [1.165, 1.54) is 36.4 Å². The smallest absolute Gasteiger partial charge is 0.516 e. The fourth-order valence-corrected chi connectivity index (χ4v) is 3.87. The van der Waals surface area contributed by atoms with Gasteiger partial charge in [-0.3, -0.25) is 4.79 Å². The molecule has 12 heteroatoms. The van der Waals surface area contributed by atoms with Crippen molar-refractivity contribution in [2.45, 2.75) is 50.1 Å². The second kappa shape index (κ2) is 13.4. The van der Waals surface area contributed by atoms with Gasteiger partial charge in [-0.1, -0.05) is 17.2 Å². The number of nitrogens with one attached hydrogen (secondary N) is 2. The maximum absolute atomic E-state index is 14.4. The molecule has 1 unspecified atom stereocenters. The van der Waals surface area contributed by atoms with E-state index in [-0.39, 0.29) is 66.5 Å². The van der Waals surface area contributed by atoms with E-state index in [0.29, 0.717) is 11.3 Å². The van der Waals surface area contributed by atoms with Crippen LogP contribution in [0.3, 0.4) is 0 Å². The molecule has 0 bridgehead atoms. The van der Waals surface area contributed by atoms with Gasteiger partial charge in [0.1, 0.15) is 5.82 Å². The Kier molecular flexibility index (Phi) is 11.5. The van der Waals surface area contributed by atoms with Gasteiger partial charge in [0.15, 0.2) is 5.91 Å². The fourth-order valence-electron chi connectivity index (χ4n) is 3.69. The van der Waals surface area contributed by atoms with Gasteiger partial charge in [0.25, 0.3) is 0 Å². The Morgan fingerprint density at radius 1 is 1.17 bits per heavy atom. The van der Waals surface area contributed by atoms with Crippen LogP contribution in [0, 0.1) is 50.4 Å². The van der Waals surface area contributed by atoms with E-state index in [1.807, 2.05) is 0 Å². The molecule has 1 aliphatic carbocycles. The molecule has 0 radical (unpaired) electrons. The van der Waals surface area contributed by atoms with E-state index < -0.39 is 41.3 Å². The summed E-state index contributed by atoms with van der Waals surface area (Å²) in [6, 6.07) is 13.3. The first-order valence-corrected chi connectivity index (χ1v) is 12.5. The van der Waals surface area contributed by atoms with Gasteiger partial charge in [0, 0.05) is 16.9 Å². The Morgan fingerprint density at radius 2 is 1.85 bits per heavy atom. The van der Waals surface area contributed by atoms with E-state index >= 15 is 0 Å². The normalized spacial score (nSPS) is 14.8. The van der Waals surface area contributed by atoms with E-state index in [1.54, 1.807) is 20.9 Å². The van der Waals surface area contributed by atoms with Crippen LogP contribution in [0.15, 0.2) is 48.5 Å². The Bertz CT molecular complexity index is 1370. The van der Waals surface area contributed by atoms with Gasteiger partial charge in [-0.05, 0) is 69.6 Å². The third-order valence-electron chi connectivity index (χ3n) is 6.65. The monoisotopic (exact) mass is 817 g/mol. The summed E-state index contributed by atoms with van der Waals surface area (Å²) in [6.07, 6.45) is -3.23. The zero-order valence-corrected chi connectivity index (χ0v) is 27.8. The molecule has 1 amide bonds. The Balaban J connectivity index is 0.00000294. The van der Waals surface area contributed by atoms with Crippen molar-refractivity contribution in [1.29, 1.82) is 0 Å². The van der Waals surface area contributed by atoms with E-state index in [4.69, 9.17) is 16.3 Å². The van der Waals surface area contributed by atoms with Crippen LogP contribution in [0.5, 0.6) is 5.75 Å². The molecule has 1 heterocycles. The van der Waals surface area contributed by atoms with Crippen molar-refractivity contribution in [2.24, 2.45) is 0 Å². The summed E-state index contributed by atoms with van der Waals surface area (Å²) in [4.78, 5) is 16.8. The number of alkyl halides is 3. The average molecular weight is 818 g/mol.